The normalized spacial score (nSPS) is 16.1. The van der Waals surface area contributed by atoms with Crippen LogP contribution < -0.4 is 5.32 Å². The van der Waals surface area contributed by atoms with Crippen molar-refractivity contribution < 1.29 is 12.8 Å². The summed E-state index contributed by atoms with van der Waals surface area (Å²) >= 11 is 0. The molecule has 0 radical (unpaired) electrons. The smallest absolute Gasteiger partial charge is 0.246 e. The Bertz CT molecular complexity index is 574. The van der Waals surface area contributed by atoms with E-state index in [4.69, 9.17) is 4.42 Å². The monoisotopic (exact) mass is 314 g/mol. The Morgan fingerprint density at radius 1 is 1.43 bits per heavy atom. The average Bonchev–Trinajstić information content (AvgIpc) is 3.15. The molecule has 21 heavy (non-hydrogen) atoms. The van der Waals surface area contributed by atoms with E-state index < -0.39 is 10.0 Å². The van der Waals surface area contributed by atoms with Crippen molar-refractivity contribution in [1.82, 2.24) is 9.62 Å². The Balaban J connectivity index is 2.21. The lowest BCUT2D eigenvalue weighted by molar-refractivity contribution is 0.353. The molecule has 2 rings (SSSR count). The van der Waals surface area contributed by atoms with Gasteiger partial charge in [-0.15, -0.1) is 0 Å². The molecular weight excluding hydrogens is 288 g/mol. The maximum absolute atomic E-state index is 12.8. The Labute approximate surface area is 127 Å². The second-order valence-corrected chi connectivity index (χ2v) is 7.86. The van der Waals surface area contributed by atoms with Gasteiger partial charge in [0.2, 0.25) is 10.0 Å². The van der Waals surface area contributed by atoms with E-state index in [9.17, 15) is 8.42 Å². The Morgan fingerprint density at radius 2 is 2.10 bits per heavy atom. The molecule has 1 N–H and O–H groups in total. The quantitative estimate of drug-likeness (QED) is 0.801. The summed E-state index contributed by atoms with van der Waals surface area (Å²) in [5.41, 5.74) is 0. The average molecular weight is 314 g/mol. The molecule has 1 aliphatic carbocycles. The molecule has 0 saturated heterocycles. The fraction of sp³-hybridized carbons (Fsp3) is 0.733. The van der Waals surface area contributed by atoms with E-state index in [0.717, 1.165) is 6.42 Å². The summed E-state index contributed by atoms with van der Waals surface area (Å²) in [5, 5.41) is 3.34. The van der Waals surface area contributed by atoms with Crippen molar-refractivity contribution >= 4 is 10.0 Å². The van der Waals surface area contributed by atoms with E-state index in [2.05, 4.69) is 5.32 Å². The van der Waals surface area contributed by atoms with E-state index in [1.165, 1.54) is 12.8 Å². The maximum Gasteiger partial charge on any atom is 0.246 e. The van der Waals surface area contributed by atoms with Crippen LogP contribution in [-0.2, 0) is 16.6 Å². The van der Waals surface area contributed by atoms with Crippen LogP contribution >= 0.6 is 0 Å². The van der Waals surface area contributed by atoms with Gasteiger partial charge in [-0.2, -0.15) is 4.31 Å². The zero-order valence-corrected chi connectivity index (χ0v) is 14.2. The van der Waals surface area contributed by atoms with Gasteiger partial charge in [-0.1, -0.05) is 6.92 Å². The molecule has 120 valence electrons. The molecule has 0 amide bonds. The zero-order valence-electron chi connectivity index (χ0n) is 13.3. The lowest BCUT2D eigenvalue weighted by Crippen LogP contribution is -2.37. The summed E-state index contributed by atoms with van der Waals surface area (Å²) in [7, 11) is -3.48. The van der Waals surface area contributed by atoms with Gasteiger partial charge >= 0.3 is 0 Å². The number of sulfonamides is 1. The Hall–Kier alpha value is -0.850. The first kappa shape index (κ1) is 16.5. The van der Waals surface area contributed by atoms with Gasteiger partial charge in [0.1, 0.15) is 16.4 Å². The minimum absolute atomic E-state index is 0.0581. The van der Waals surface area contributed by atoms with Gasteiger partial charge in [-0.25, -0.2) is 8.42 Å². The molecule has 1 aromatic heterocycles. The van der Waals surface area contributed by atoms with E-state index in [1.807, 2.05) is 20.8 Å². The molecule has 0 spiro atoms. The predicted molar refractivity (Wildman–Crippen MR) is 82.6 cm³/mol. The molecule has 1 saturated carbocycles. The van der Waals surface area contributed by atoms with Crippen LogP contribution in [0.2, 0.25) is 0 Å². The molecular formula is C15H26N2O3S. The van der Waals surface area contributed by atoms with Crippen LogP contribution in [0.5, 0.6) is 0 Å². The molecule has 0 bridgehead atoms. The highest BCUT2D eigenvalue weighted by molar-refractivity contribution is 7.89. The van der Waals surface area contributed by atoms with Crippen molar-refractivity contribution in [1.29, 1.82) is 0 Å². The number of nitrogens with zero attached hydrogens (tertiary/aromatic N) is 1. The highest BCUT2D eigenvalue weighted by Gasteiger charge is 2.30. The summed E-state index contributed by atoms with van der Waals surface area (Å²) in [6.45, 7) is 8.63. The number of rotatable bonds is 8. The van der Waals surface area contributed by atoms with Crippen LogP contribution in [-0.4, -0.2) is 31.4 Å². The molecule has 0 aromatic carbocycles. The lowest BCUT2D eigenvalue weighted by atomic mass is 10.4. The van der Waals surface area contributed by atoms with E-state index in [-0.39, 0.29) is 6.04 Å². The van der Waals surface area contributed by atoms with Crippen molar-refractivity contribution in [3.8, 4) is 0 Å². The molecule has 0 atom stereocenters. The van der Waals surface area contributed by atoms with Gasteiger partial charge in [0, 0.05) is 24.7 Å². The largest absolute Gasteiger partial charge is 0.464 e. The number of furan rings is 1. The molecule has 6 heteroatoms. The first-order chi connectivity index (χ1) is 9.86. The van der Waals surface area contributed by atoms with Crippen LogP contribution in [0.1, 0.15) is 51.6 Å². The van der Waals surface area contributed by atoms with Gasteiger partial charge in [0.05, 0.1) is 6.54 Å². The van der Waals surface area contributed by atoms with Gasteiger partial charge in [0.15, 0.2) is 0 Å². The van der Waals surface area contributed by atoms with Gasteiger partial charge < -0.3 is 9.73 Å². The first-order valence-electron chi connectivity index (χ1n) is 7.70. The molecule has 1 aliphatic rings. The van der Waals surface area contributed by atoms with E-state index >= 15 is 0 Å². The number of hydrogen-bond acceptors (Lipinski definition) is 4. The molecule has 1 aromatic rings. The Kier molecular flexibility index (Phi) is 5.11. The minimum atomic E-state index is -3.48. The minimum Gasteiger partial charge on any atom is -0.464 e. The fourth-order valence-electron chi connectivity index (χ4n) is 2.40. The maximum atomic E-state index is 12.8. The van der Waals surface area contributed by atoms with E-state index in [1.54, 1.807) is 17.3 Å². The summed E-state index contributed by atoms with van der Waals surface area (Å²) in [4.78, 5) is 0.303. The van der Waals surface area contributed by atoms with Gasteiger partial charge in [0.25, 0.3) is 0 Å². The summed E-state index contributed by atoms with van der Waals surface area (Å²) < 4.78 is 32.8. The van der Waals surface area contributed by atoms with Crippen LogP contribution in [0.4, 0.5) is 0 Å². The van der Waals surface area contributed by atoms with Crippen molar-refractivity contribution in [3.05, 3.63) is 17.6 Å². The Morgan fingerprint density at radius 3 is 2.62 bits per heavy atom. The van der Waals surface area contributed by atoms with E-state index in [0.29, 0.717) is 35.5 Å². The van der Waals surface area contributed by atoms with Crippen molar-refractivity contribution in [2.45, 2.75) is 70.5 Å². The van der Waals surface area contributed by atoms with Crippen LogP contribution in [0, 0.1) is 6.92 Å². The second-order valence-electron chi connectivity index (χ2n) is 6.00. The standard InChI is InChI=1S/C15H26N2O3S/c1-5-8-17(11(2)3)21(18,19)15-9-14(20-12(15)4)10-16-13-6-7-13/h9,11,13,16H,5-8,10H2,1-4H3. The third-order valence-electron chi connectivity index (χ3n) is 3.67. The van der Waals surface area contributed by atoms with Crippen molar-refractivity contribution in [2.75, 3.05) is 6.54 Å². The third-order valence-corrected chi connectivity index (χ3v) is 5.85. The van der Waals surface area contributed by atoms with Crippen LogP contribution in [0.15, 0.2) is 15.4 Å². The first-order valence-corrected chi connectivity index (χ1v) is 9.14. The number of aryl methyl sites for hydroxylation is 1. The topological polar surface area (TPSA) is 62.6 Å². The summed E-state index contributed by atoms with van der Waals surface area (Å²) in [5.74, 6) is 1.17. The summed E-state index contributed by atoms with van der Waals surface area (Å²) in [6.07, 6.45) is 3.19. The highest BCUT2D eigenvalue weighted by Crippen LogP contribution is 2.26. The van der Waals surface area contributed by atoms with Gasteiger partial charge in [-0.05, 0) is 40.0 Å². The second kappa shape index (κ2) is 6.50. The number of nitrogens with one attached hydrogen (secondary N) is 1. The molecule has 0 aliphatic heterocycles. The SMILES string of the molecule is CCCN(C(C)C)S(=O)(=O)c1cc(CNC2CC2)oc1C. The lowest BCUT2D eigenvalue weighted by Gasteiger charge is -2.24. The zero-order chi connectivity index (χ0) is 15.6. The predicted octanol–water partition coefficient (Wildman–Crippen LogP) is 2.65. The van der Waals surface area contributed by atoms with Crippen LogP contribution in [0.25, 0.3) is 0 Å². The van der Waals surface area contributed by atoms with Gasteiger partial charge in [-0.3, -0.25) is 0 Å². The molecule has 1 heterocycles. The third kappa shape index (κ3) is 3.87. The van der Waals surface area contributed by atoms with Crippen LogP contribution in [0.3, 0.4) is 0 Å². The van der Waals surface area contributed by atoms with Crippen molar-refractivity contribution in [2.24, 2.45) is 0 Å². The molecule has 1 fully saturated rings. The number of hydrogen-bond donors (Lipinski definition) is 1. The van der Waals surface area contributed by atoms with Crippen molar-refractivity contribution in [3.63, 3.8) is 0 Å². The highest BCUT2D eigenvalue weighted by atomic mass is 32.2. The molecule has 0 unspecified atom stereocenters. The molecule has 5 nitrogen and oxygen atoms in total. The fourth-order valence-corrected chi connectivity index (χ4v) is 4.32. The summed E-state index contributed by atoms with van der Waals surface area (Å²) in [6, 6.07) is 2.19.